The van der Waals surface area contributed by atoms with E-state index in [2.05, 4.69) is 5.32 Å². The quantitative estimate of drug-likeness (QED) is 0.662. The Morgan fingerprint density at radius 1 is 1.50 bits per heavy atom. The highest BCUT2D eigenvalue weighted by molar-refractivity contribution is 5.99. The minimum atomic E-state index is -0.535. The lowest BCUT2D eigenvalue weighted by molar-refractivity contribution is -0.118. The normalized spacial score (nSPS) is 13.9. The van der Waals surface area contributed by atoms with Gasteiger partial charge < -0.3 is 15.8 Å². The minimum absolute atomic E-state index is 0.00289. The summed E-state index contributed by atoms with van der Waals surface area (Å²) in [7, 11) is 0. The van der Waals surface area contributed by atoms with Crippen LogP contribution in [-0.2, 0) is 4.79 Å². The van der Waals surface area contributed by atoms with Crippen LogP contribution in [-0.4, -0.2) is 18.4 Å². The Bertz CT molecular complexity index is 415. The van der Waals surface area contributed by atoms with Crippen molar-refractivity contribution in [3.8, 4) is 5.75 Å². The van der Waals surface area contributed by atoms with Gasteiger partial charge in [0.05, 0.1) is 5.69 Å². The van der Waals surface area contributed by atoms with Crippen molar-refractivity contribution in [1.29, 1.82) is 0 Å². The van der Waals surface area contributed by atoms with E-state index >= 15 is 0 Å². The zero-order valence-electron chi connectivity index (χ0n) is 7.24. The number of fused-ring (bicyclic) bond motifs is 1. The number of hydrogen-bond acceptors (Lipinski definition) is 3. The monoisotopic (exact) mass is 192 g/mol. The van der Waals surface area contributed by atoms with Gasteiger partial charge in [-0.05, 0) is 18.2 Å². The first-order valence-corrected chi connectivity index (χ1v) is 4.03. The maximum atomic E-state index is 11.0. The molecule has 0 bridgehead atoms. The molecule has 0 atom stereocenters. The standard InChI is InChI=1S/C9H8N2O3/c10-9(13)5-1-2-7-6(3-5)11-8(12)4-14-7/h1-3H,4H2,(H2,10,13)(H,11,12). The number of carbonyl (C=O) groups is 2. The van der Waals surface area contributed by atoms with Crippen molar-refractivity contribution in [3.05, 3.63) is 23.8 Å². The summed E-state index contributed by atoms with van der Waals surface area (Å²) in [6, 6.07) is 4.65. The van der Waals surface area contributed by atoms with Crippen LogP contribution in [0.15, 0.2) is 18.2 Å². The highest BCUT2D eigenvalue weighted by atomic mass is 16.5. The molecular weight excluding hydrogens is 184 g/mol. The molecule has 0 saturated carbocycles. The molecule has 5 heteroatoms. The number of nitrogens with two attached hydrogens (primary N) is 1. The highest BCUT2D eigenvalue weighted by Crippen LogP contribution is 2.28. The summed E-state index contributed by atoms with van der Waals surface area (Å²) in [6.45, 7) is 0.00289. The molecule has 1 heterocycles. The Hall–Kier alpha value is -2.04. The second-order valence-electron chi connectivity index (χ2n) is 2.91. The number of hydrogen-bond donors (Lipinski definition) is 2. The van der Waals surface area contributed by atoms with E-state index in [4.69, 9.17) is 10.5 Å². The van der Waals surface area contributed by atoms with Crippen molar-refractivity contribution in [2.45, 2.75) is 0 Å². The zero-order valence-corrected chi connectivity index (χ0v) is 7.24. The predicted octanol–water partition coefficient (Wildman–Crippen LogP) is 0.116. The van der Waals surface area contributed by atoms with Crippen LogP contribution in [0.2, 0.25) is 0 Å². The van der Waals surface area contributed by atoms with Crippen molar-refractivity contribution < 1.29 is 14.3 Å². The SMILES string of the molecule is NC(=O)c1ccc2c(c1)NC(=O)CO2. The largest absolute Gasteiger partial charge is 0.482 e. The van der Waals surface area contributed by atoms with Crippen LogP contribution in [0.3, 0.4) is 0 Å². The molecule has 0 radical (unpaired) electrons. The number of primary amides is 1. The molecule has 1 aliphatic rings. The molecule has 2 rings (SSSR count). The van der Waals surface area contributed by atoms with E-state index in [-0.39, 0.29) is 12.5 Å². The molecule has 0 aromatic heterocycles. The van der Waals surface area contributed by atoms with E-state index in [1.54, 1.807) is 12.1 Å². The number of rotatable bonds is 1. The van der Waals surface area contributed by atoms with Gasteiger partial charge in [0.25, 0.3) is 5.91 Å². The Balaban J connectivity index is 2.42. The van der Waals surface area contributed by atoms with Crippen molar-refractivity contribution >= 4 is 17.5 Å². The molecule has 1 aromatic rings. The molecule has 0 saturated heterocycles. The van der Waals surface area contributed by atoms with Gasteiger partial charge in [0.2, 0.25) is 5.91 Å². The van der Waals surface area contributed by atoms with Gasteiger partial charge >= 0.3 is 0 Å². The summed E-state index contributed by atoms with van der Waals surface area (Å²) in [6.07, 6.45) is 0. The molecule has 5 nitrogen and oxygen atoms in total. The maximum Gasteiger partial charge on any atom is 0.262 e. The van der Waals surface area contributed by atoms with Gasteiger partial charge in [-0.25, -0.2) is 0 Å². The number of carbonyl (C=O) groups excluding carboxylic acids is 2. The lowest BCUT2D eigenvalue weighted by Crippen LogP contribution is -2.25. The zero-order chi connectivity index (χ0) is 10.1. The van der Waals surface area contributed by atoms with Crippen LogP contribution in [0.25, 0.3) is 0 Å². The first-order chi connectivity index (χ1) is 6.66. The Labute approximate surface area is 79.8 Å². The molecule has 1 aromatic carbocycles. The van der Waals surface area contributed by atoms with E-state index in [1.807, 2.05) is 0 Å². The fourth-order valence-electron chi connectivity index (χ4n) is 1.24. The van der Waals surface area contributed by atoms with Crippen LogP contribution in [0, 0.1) is 0 Å². The summed E-state index contributed by atoms with van der Waals surface area (Å²) in [4.78, 5) is 21.8. The maximum absolute atomic E-state index is 11.0. The number of anilines is 1. The Morgan fingerprint density at radius 3 is 3.00 bits per heavy atom. The molecular formula is C9H8N2O3. The number of ether oxygens (including phenoxy) is 1. The average molecular weight is 192 g/mol. The summed E-state index contributed by atoms with van der Waals surface area (Å²) < 4.78 is 5.11. The van der Waals surface area contributed by atoms with Gasteiger partial charge in [-0.15, -0.1) is 0 Å². The van der Waals surface area contributed by atoms with E-state index in [1.165, 1.54) is 6.07 Å². The summed E-state index contributed by atoms with van der Waals surface area (Å²) in [5.74, 6) is -0.221. The molecule has 2 amide bonds. The Kier molecular flexibility index (Phi) is 1.85. The van der Waals surface area contributed by atoms with Crippen molar-refractivity contribution in [3.63, 3.8) is 0 Å². The van der Waals surface area contributed by atoms with Crippen molar-refractivity contribution in [2.24, 2.45) is 5.73 Å². The van der Waals surface area contributed by atoms with Crippen LogP contribution < -0.4 is 15.8 Å². The second-order valence-corrected chi connectivity index (χ2v) is 2.91. The van der Waals surface area contributed by atoms with Crippen LogP contribution in [0.5, 0.6) is 5.75 Å². The van der Waals surface area contributed by atoms with Gasteiger partial charge in [-0.2, -0.15) is 0 Å². The van der Waals surface area contributed by atoms with Gasteiger partial charge in [0, 0.05) is 5.56 Å². The lowest BCUT2D eigenvalue weighted by atomic mass is 10.1. The van der Waals surface area contributed by atoms with Crippen molar-refractivity contribution in [1.82, 2.24) is 0 Å². The third kappa shape index (κ3) is 1.39. The van der Waals surface area contributed by atoms with Crippen LogP contribution in [0.4, 0.5) is 5.69 Å². The number of amides is 2. The first kappa shape index (κ1) is 8.55. The molecule has 14 heavy (non-hydrogen) atoms. The van der Waals surface area contributed by atoms with E-state index in [0.717, 1.165) is 0 Å². The molecule has 72 valence electrons. The van der Waals surface area contributed by atoms with E-state index < -0.39 is 5.91 Å². The molecule has 1 aliphatic heterocycles. The number of benzene rings is 1. The molecule has 0 aliphatic carbocycles. The van der Waals surface area contributed by atoms with E-state index in [0.29, 0.717) is 17.0 Å². The fraction of sp³-hybridized carbons (Fsp3) is 0.111. The van der Waals surface area contributed by atoms with Crippen LogP contribution in [0.1, 0.15) is 10.4 Å². The summed E-state index contributed by atoms with van der Waals surface area (Å²) in [5.41, 5.74) is 5.92. The summed E-state index contributed by atoms with van der Waals surface area (Å²) in [5, 5.41) is 2.58. The Morgan fingerprint density at radius 2 is 2.29 bits per heavy atom. The topological polar surface area (TPSA) is 81.4 Å². The smallest absolute Gasteiger partial charge is 0.262 e. The lowest BCUT2D eigenvalue weighted by Gasteiger charge is -2.17. The van der Waals surface area contributed by atoms with Crippen LogP contribution >= 0.6 is 0 Å². The van der Waals surface area contributed by atoms with Gasteiger partial charge in [-0.1, -0.05) is 0 Å². The van der Waals surface area contributed by atoms with Gasteiger partial charge in [0.1, 0.15) is 5.75 Å². The first-order valence-electron chi connectivity index (χ1n) is 4.03. The predicted molar refractivity (Wildman–Crippen MR) is 49.1 cm³/mol. The van der Waals surface area contributed by atoms with Gasteiger partial charge in [-0.3, -0.25) is 9.59 Å². The van der Waals surface area contributed by atoms with E-state index in [9.17, 15) is 9.59 Å². The van der Waals surface area contributed by atoms with Crippen molar-refractivity contribution in [2.75, 3.05) is 11.9 Å². The third-order valence-electron chi connectivity index (χ3n) is 1.90. The highest BCUT2D eigenvalue weighted by Gasteiger charge is 2.16. The molecule has 3 N–H and O–H groups in total. The minimum Gasteiger partial charge on any atom is -0.482 e. The molecule has 0 fully saturated rings. The number of nitrogens with one attached hydrogen (secondary N) is 1. The third-order valence-corrected chi connectivity index (χ3v) is 1.90. The second kappa shape index (κ2) is 3.02. The van der Waals surface area contributed by atoms with Gasteiger partial charge in [0.15, 0.2) is 6.61 Å². The average Bonchev–Trinajstić information content (AvgIpc) is 2.16. The molecule has 0 unspecified atom stereocenters. The fourth-order valence-corrected chi connectivity index (χ4v) is 1.24. The molecule has 0 spiro atoms. The summed E-state index contributed by atoms with van der Waals surface area (Å²) >= 11 is 0.